The van der Waals surface area contributed by atoms with Crippen molar-refractivity contribution >= 4 is 11.5 Å². The molecule has 1 atom stereocenters. The third-order valence-corrected chi connectivity index (χ3v) is 5.79. The molecule has 0 aromatic heterocycles. The zero-order chi connectivity index (χ0) is 24.9. The SMILES string of the molecule is O=C1OC(c2cc(OCc3ccccc3)cc(OCc3ccccc3)c2)C(c2ccc(F)cc2)=C1O. The number of esters is 1. The first-order chi connectivity index (χ1) is 17.6. The zero-order valence-electron chi connectivity index (χ0n) is 19.3. The Kier molecular flexibility index (Phi) is 6.67. The van der Waals surface area contributed by atoms with Gasteiger partial charge in [0, 0.05) is 11.6 Å². The summed E-state index contributed by atoms with van der Waals surface area (Å²) in [4.78, 5) is 12.3. The molecule has 36 heavy (non-hydrogen) atoms. The standard InChI is InChI=1S/C30H23FO5/c31-24-13-11-22(12-14-24)27-28(32)30(33)36-29(27)23-15-25(34-18-20-7-3-1-4-8-20)17-26(16-23)35-19-21-9-5-2-6-10-21/h1-17,29,32H,18-19H2. The Balaban J connectivity index is 1.48. The summed E-state index contributed by atoms with van der Waals surface area (Å²) in [7, 11) is 0. The van der Waals surface area contributed by atoms with E-state index in [0.29, 0.717) is 35.8 Å². The minimum atomic E-state index is -0.915. The van der Waals surface area contributed by atoms with Crippen LogP contribution in [0.25, 0.3) is 5.57 Å². The minimum absolute atomic E-state index is 0.259. The highest BCUT2D eigenvalue weighted by Gasteiger charge is 2.36. The fourth-order valence-corrected chi connectivity index (χ4v) is 4.00. The molecule has 6 heteroatoms. The molecule has 5 nitrogen and oxygen atoms in total. The van der Waals surface area contributed by atoms with Crippen LogP contribution in [0.2, 0.25) is 0 Å². The number of hydrogen-bond acceptors (Lipinski definition) is 5. The Labute approximate surface area is 208 Å². The Bertz CT molecular complexity index is 1320. The molecule has 0 amide bonds. The van der Waals surface area contributed by atoms with Gasteiger partial charge in [0.1, 0.15) is 30.5 Å². The van der Waals surface area contributed by atoms with Gasteiger partial charge in [-0.2, -0.15) is 0 Å². The first-order valence-electron chi connectivity index (χ1n) is 11.5. The van der Waals surface area contributed by atoms with Crippen LogP contribution in [0.3, 0.4) is 0 Å². The van der Waals surface area contributed by atoms with Gasteiger partial charge in [0.25, 0.3) is 0 Å². The molecular weight excluding hydrogens is 459 g/mol. The second-order valence-corrected chi connectivity index (χ2v) is 8.34. The molecule has 1 N–H and O–H groups in total. The lowest BCUT2D eigenvalue weighted by atomic mass is 9.95. The van der Waals surface area contributed by atoms with Crippen molar-refractivity contribution in [2.45, 2.75) is 19.3 Å². The third kappa shape index (κ3) is 5.23. The number of halogens is 1. The van der Waals surface area contributed by atoms with Crippen LogP contribution in [0, 0.1) is 5.82 Å². The molecule has 180 valence electrons. The summed E-state index contributed by atoms with van der Waals surface area (Å²) in [6, 6.07) is 30.3. The van der Waals surface area contributed by atoms with Gasteiger partial charge in [-0.3, -0.25) is 0 Å². The Morgan fingerprint density at radius 3 is 1.81 bits per heavy atom. The van der Waals surface area contributed by atoms with E-state index < -0.39 is 23.6 Å². The van der Waals surface area contributed by atoms with Gasteiger partial charge in [0.15, 0.2) is 6.10 Å². The summed E-state index contributed by atoms with van der Waals surface area (Å²) in [5.74, 6) is -0.746. The van der Waals surface area contributed by atoms with Gasteiger partial charge in [-0.1, -0.05) is 72.8 Å². The monoisotopic (exact) mass is 482 g/mol. The van der Waals surface area contributed by atoms with Crippen molar-refractivity contribution in [3.63, 3.8) is 0 Å². The first-order valence-corrected chi connectivity index (χ1v) is 11.5. The number of cyclic esters (lactones) is 1. The fourth-order valence-electron chi connectivity index (χ4n) is 4.00. The van der Waals surface area contributed by atoms with Crippen molar-refractivity contribution < 1.29 is 28.5 Å². The zero-order valence-corrected chi connectivity index (χ0v) is 19.3. The second-order valence-electron chi connectivity index (χ2n) is 8.34. The largest absolute Gasteiger partial charge is 0.502 e. The summed E-state index contributed by atoms with van der Waals surface area (Å²) in [6.45, 7) is 0.664. The lowest BCUT2D eigenvalue weighted by molar-refractivity contribution is -0.142. The molecule has 0 bridgehead atoms. The Hall–Kier alpha value is -4.58. The molecule has 0 radical (unpaired) electrons. The van der Waals surface area contributed by atoms with E-state index in [-0.39, 0.29) is 5.57 Å². The van der Waals surface area contributed by atoms with Crippen molar-refractivity contribution in [1.29, 1.82) is 0 Å². The highest BCUT2D eigenvalue weighted by Crippen LogP contribution is 2.43. The number of rotatable bonds is 8. The number of aliphatic hydroxyl groups excluding tert-OH is 1. The van der Waals surface area contributed by atoms with Crippen molar-refractivity contribution in [1.82, 2.24) is 0 Å². The van der Waals surface area contributed by atoms with Crippen LogP contribution in [-0.2, 0) is 22.7 Å². The summed E-state index contributed by atoms with van der Waals surface area (Å²) >= 11 is 0. The van der Waals surface area contributed by atoms with E-state index in [1.807, 2.05) is 60.7 Å². The maximum Gasteiger partial charge on any atom is 0.374 e. The predicted molar refractivity (Wildman–Crippen MR) is 133 cm³/mol. The van der Waals surface area contributed by atoms with Gasteiger partial charge in [0.2, 0.25) is 5.76 Å². The van der Waals surface area contributed by atoms with Crippen molar-refractivity contribution in [2.75, 3.05) is 0 Å². The molecule has 1 aliphatic rings. The number of carbonyl (C=O) groups excluding carboxylic acids is 1. The van der Waals surface area contributed by atoms with Gasteiger partial charge in [0.05, 0.1) is 5.57 Å². The van der Waals surface area contributed by atoms with E-state index in [9.17, 15) is 14.3 Å². The molecule has 1 heterocycles. The highest BCUT2D eigenvalue weighted by atomic mass is 19.1. The highest BCUT2D eigenvalue weighted by molar-refractivity contribution is 6.00. The first kappa shape index (κ1) is 23.2. The van der Waals surface area contributed by atoms with Crippen LogP contribution >= 0.6 is 0 Å². The predicted octanol–water partition coefficient (Wildman–Crippen LogP) is 6.55. The molecule has 4 aromatic rings. The third-order valence-electron chi connectivity index (χ3n) is 5.79. The van der Waals surface area contributed by atoms with Crippen molar-refractivity contribution in [3.8, 4) is 11.5 Å². The lowest BCUT2D eigenvalue weighted by Crippen LogP contribution is -2.05. The van der Waals surface area contributed by atoms with Gasteiger partial charge >= 0.3 is 5.97 Å². The van der Waals surface area contributed by atoms with E-state index in [1.54, 1.807) is 18.2 Å². The molecule has 0 saturated carbocycles. The molecular formula is C30H23FO5. The molecule has 5 rings (SSSR count). The molecule has 0 fully saturated rings. The number of benzene rings is 4. The quantitative estimate of drug-likeness (QED) is 0.289. The van der Waals surface area contributed by atoms with E-state index >= 15 is 0 Å². The van der Waals surface area contributed by atoms with Crippen LogP contribution in [0.1, 0.15) is 28.4 Å². The fraction of sp³-hybridized carbons (Fsp3) is 0.100. The number of hydrogen-bond donors (Lipinski definition) is 1. The summed E-state index contributed by atoms with van der Waals surface area (Å²) < 4.78 is 31.1. The average Bonchev–Trinajstić information content (AvgIpc) is 3.22. The summed E-state index contributed by atoms with van der Waals surface area (Å²) in [6.07, 6.45) is -0.915. The summed E-state index contributed by atoms with van der Waals surface area (Å²) in [5, 5.41) is 10.5. The molecule has 0 spiro atoms. The molecule has 0 saturated heterocycles. The maximum atomic E-state index is 13.5. The molecule has 0 aliphatic carbocycles. The van der Waals surface area contributed by atoms with Crippen LogP contribution in [0.4, 0.5) is 4.39 Å². The van der Waals surface area contributed by atoms with Crippen LogP contribution < -0.4 is 9.47 Å². The number of carbonyl (C=O) groups is 1. The number of ether oxygens (including phenoxy) is 3. The number of aliphatic hydroxyl groups is 1. The van der Waals surface area contributed by atoms with Crippen LogP contribution in [0.15, 0.2) is 109 Å². The van der Waals surface area contributed by atoms with Gasteiger partial charge in [-0.25, -0.2) is 9.18 Å². The maximum absolute atomic E-state index is 13.5. The van der Waals surface area contributed by atoms with Crippen LogP contribution in [-0.4, -0.2) is 11.1 Å². The second kappa shape index (κ2) is 10.4. The topological polar surface area (TPSA) is 65.0 Å². The van der Waals surface area contributed by atoms with E-state index in [1.165, 1.54) is 24.3 Å². The minimum Gasteiger partial charge on any atom is -0.502 e. The van der Waals surface area contributed by atoms with Gasteiger partial charge < -0.3 is 19.3 Å². The van der Waals surface area contributed by atoms with E-state index in [4.69, 9.17) is 14.2 Å². The van der Waals surface area contributed by atoms with Crippen LogP contribution in [0.5, 0.6) is 11.5 Å². The smallest absolute Gasteiger partial charge is 0.374 e. The Morgan fingerprint density at radius 2 is 1.28 bits per heavy atom. The molecule has 4 aromatic carbocycles. The molecule has 1 unspecified atom stereocenters. The molecule has 1 aliphatic heterocycles. The average molecular weight is 483 g/mol. The van der Waals surface area contributed by atoms with E-state index in [2.05, 4.69) is 0 Å². The normalized spacial score (nSPS) is 15.0. The van der Waals surface area contributed by atoms with Crippen molar-refractivity contribution in [3.05, 3.63) is 137 Å². The Morgan fingerprint density at radius 1 is 0.750 bits per heavy atom. The van der Waals surface area contributed by atoms with Gasteiger partial charge in [-0.05, 0) is 41.0 Å². The summed E-state index contributed by atoms with van der Waals surface area (Å²) in [5.41, 5.74) is 3.28. The van der Waals surface area contributed by atoms with Crippen molar-refractivity contribution in [2.24, 2.45) is 0 Å². The lowest BCUT2D eigenvalue weighted by Gasteiger charge is -2.18. The van der Waals surface area contributed by atoms with E-state index in [0.717, 1.165) is 11.1 Å². The van der Waals surface area contributed by atoms with Gasteiger partial charge in [-0.15, -0.1) is 0 Å².